The smallest absolute Gasteiger partial charge is 0.312 e. The fraction of sp³-hybridized carbons (Fsp3) is 0.833. The van der Waals surface area contributed by atoms with Crippen LogP contribution in [0.3, 0.4) is 0 Å². The minimum atomic E-state index is -0.544. The van der Waals surface area contributed by atoms with Crippen LogP contribution < -0.4 is 0 Å². The standard InChI is InChI=1S/C36H54O7/c1-31(2)16-18-36(30(40)42-9)19-17-34(6)22(23(36)21-31)20-24(37)29-33(5)14-13-26(43-28(39)11-10-27(38)41-8)32(3,4)25(33)12-15-35(29,34)7/h20,23,25-26,29H,10-19,21H2,1-9H3/t23-,25+,26+,29-,33+,34-,35-,36+/m1/s1. The molecule has 0 aliphatic heterocycles. The van der Waals surface area contributed by atoms with Gasteiger partial charge in [0.15, 0.2) is 5.78 Å². The maximum atomic E-state index is 14.6. The highest BCUT2D eigenvalue weighted by molar-refractivity contribution is 5.96. The Morgan fingerprint density at radius 1 is 0.814 bits per heavy atom. The van der Waals surface area contributed by atoms with Gasteiger partial charge in [-0.25, -0.2) is 0 Å². The van der Waals surface area contributed by atoms with Gasteiger partial charge in [-0.2, -0.15) is 0 Å². The van der Waals surface area contributed by atoms with Crippen LogP contribution in [0.5, 0.6) is 0 Å². The Kier molecular flexibility index (Phi) is 7.82. The lowest BCUT2D eigenvalue weighted by Gasteiger charge is -2.70. The Bertz CT molecular complexity index is 1230. The summed E-state index contributed by atoms with van der Waals surface area (Å²) in [5, 5.41) is 0. The molecule has 0 bridgehead atoms. The van der Waals surface area contributed by atoms with E-state index in [4.69, 9.17) is 9.47 Å². The molecule has 4 fully saturated rings. The maximum absolute atomic E-state index is 14.6. The number of ether oxygens (including phenoxy) is 3. The largest absolute Gasteiger partial charge is 0.469 e. The summed E-state index contributed by atoms with van der Waals surface area (Å²) >= 11 is 0. The molecule has 0 aromatic heterocycles. The molecule has 5 aliphatic carbocycles. The Labute approximate surface area is 258 Å². The normalized spacial score (nSPS) is 42.6. The molecule has 8 atom stereocenters. The van der Waals surface area contributed by atoms with Crippen molar-refractivity contribution in [3.05, 3.63) is 11.6 Å². The van der Waals surface area contributed by atoms with Crippen molar-refractivity contribution >= 4 is 23.7 Å². The van der Waals surface area contributed by atoms with Gasteiger partial charge in [0.25, 0.3) is 0 Å². The molecule has 4 saturated carbocycles. The molecular formula is C36H54O7. The topological polar surface area (TPSA) is 96.0 Å². The first kappa shape index (κ1) is 32.2. The van der Waals surface area contributed by atoms with Crippen LogP contribution in [0.2, 0.25) is 0 Å². The van der Waals surface area contributed by atoms with E-state index in [1.54, 1.807) is 0 Å². The molecule has 0 amide bonds. The van der Waals surface area contributed by atoms with Crippen molar-refractivity contribution in [1.29, 1.82) is 0 Å². The second-order valence-electron chi connectivity index (χ2n) is 16.8. The molecule has 43 heavy (non-hydrogen) atoms. The quantitative estimate of drug-likeness (QED) is 0.248. The van der Waals surface area contributed by atoms with E-state index in [-0.39, 0.29) is 81.5 Å². The van der Waals surface area contributed by atoms with Crippen LogP contribution in [0, 0.1) is 50.2 Å². The zero-order valence-corrected chi connectivity index (χ0v) is 28.0. The number of carbonyl (C=O) groups excluding carboxylic acids is 4. The van der Waals surface area contributed by atoms with E-state index in [2.05, 4.69) is 53.2 Å². The average molecular weight is 599 g/mol. The van der Waals surface area contributed by atoms with Crippen molar-refractivity contribution in [3.63, 3.8) is 0 Å². The number of ketones is 1. The summed E-state index contributed by atoms with van der Waals surface area (Å²) in [7, 11) is 2.83. The summed E-state index contributed by atoms with van der Waals surface area (Å²) in [6, 6.07) is 0. The van der Waals surface area contributed by atoms with Crippen molar-refractivity contribution in [1.82, 2.24) is 0 Å². The van der Waals surface area contributed by atoms with Gasteiger partial charge in [0.1, 0.15) is 6.10 Å². The number of allylic oxidation sites excluding steroid dienone is 2. The fourth-order valence-electron chi connectivity index (χ4n) is 11.3. The van der Waals surface area contributed by atoms with Crippen LogP contribution in [0.1, 0.15) is 119 Å². The third-order valence-corrected chi connectivity index (χ3v) is 13.9. The first-order chi connectivity index (χ1) is 19.9. The Morgan fingerprint density at radius 2 is 1.47 bits per heavy atom. The van der Waals surface area contributed by atoms with Gasteiger partial charge in [-0.3, -0.25) is 19.2 Å². The molecule has 0 unspecified atom stereocenters. The molecule has 240 valence electrons. The van der Waals surface area contributed by atoms with E-state index in [9.17, 15) is 19.2 Å². The zero-order valence-electron chi connectivity index (χ0n) is 28.0. The molecular weight excluding hydrogens is 544 g/mol. The molecule has 5 rings (SSSR count). The van der Waals surface area contributed by atoms with Gasteiger partial charge in [0.05, 0.1) is 32.5 Å². The van der Waals surface area contributed by atoms with Crippen molar-refractivity contribution in [2.75, 3.05) is 14.2 Å². The molecule has 0 spiro atoms. The van der Waals surface area contributed by atoms with Gasteiger partial charge in [0.2, 0.25) is 0 Å². The number of rotatable bonds is 5. The van der Waals surface area contributed by atoms with Crippen LogP contribution in [0.25, 0.3) is 0 Å². The Hall–Kier alpha value is -2.18. The summed E-state index contributed by atoms with van der Waals surface area (Å²) in [6.07, 6.45) is 9.53. The minimum Gasteiger partial charge on any atom is -0.469 e. The van der Waals surface area contributed by atoms with E-state index >= 15 is 0 Å². The van der Waals surface area contributed by atoms with E-state index in [1.165, 1.54) is 19.8 Å². The number of fused-ring (bicyclic) bond motifs is 7. The second kappa shape index (κ2) is 10.4. The third kappa shape index (κ3) is 4.64. The lowest BCUT2D eigenvalue weighted by Crippen LogP contribution is -2.67. The third-order valence-electron chi connectivity index (χ3n) is 13.9. The van der Waals surface area contributed by atoms with Crippen LogP contribution in [0.15, 0.2) is 11.6 Å². The lowest BCUT2D eigenvalue weighted by molar-refractivity contribution is -0.212. The average Bonchev–Trinajstić information content (AvgIpc) is 2.93. The van der Waals surface area contributed by atoms with Crippen LogP contribution >= 0.6 is 0 Å². The summed E-state index contributed by atoms with van der Waals surface area (Å²) in [5.74, 6) is -0.578. The number of hydrogen-bond acceptors (Lipinski definition) is 7. The molecule has 0 heterocycles. The van der Waals surface area contributed by atoms with Gasteiger partial charge in [-0.1, -0.05) is 54.0 Å². The predicted octanol–water partition coefficient (Wildman–Crippen LogP) is 7.01. The van der Waals surface area contributed by atoms with E-state index in [0.29, 0.717) is 6.42 Å². The summed E-state index contributed by atoms with van der Waals surface area (Å²) in [6.45, 7) is 16.1. The molecule has 0 N–H and O–H groups in total. The molecule has 7 nitrogen and oxygen atoms in total. The lowest BCUT2D eigenvalue weighted by atomic mass is 9.33. The second-order valence-corrected chi connectivity index (χ2v) is 16.8. The number of carbonyl (C=O) groups is 4. The summed E-state index contributed by atoms with van der Waals surface area (Å²) in [5.41, 5.74) is -0.216. The molecule has 7 heteroatoms. The fourth-order valence-corrected chi connectivity index (χ4v) is 11.3. The van der Waals surface area contributed by atoms with Crippen LogP contribution in [-0.4, -0.2) is 44.0 Å². The van der Waals surface area contributed by atoms with Gasteiger partial charge in [0, 0.05) is 11.3 Å². The maximum Gasteiger partial charge on any atom is 0.312 e. The SMILES string of the molecule is COC(=O)CCC(=O)O[C@H]1CC[C@]2(C)[C@H]3C(=O)C=C4[C@H]5CC(C)(C)CC[C@]5(C(=O)OC)CC[C@@]4(C)[C@]3(C)CC[C@H]2C1(C)C. The highest BCUT2D eigenvalue weighted by atomic mass is 16.5. The van der Waals surface area contributed by atoms with Crippen molar-refractivity contribution < 1.29 is 33.4 Å². The first-order valence-electron chi connectivity index (χ1n) is 16.5. The first-order valence-corrected chi connectivity index (χ1v) is 16.5. The molecule has 0 aromatic carbocycles. The molecule has 0 radical (unpaired) electrons. The molecule has 0 saturated heterocycles. The highest BCUT2D eigenvalue weighted by Crippen LogP contribution is 2.75. The van der Waals surface area contributed by atoms with Gasteiger partial charge in [-0.05, 0) is 97.4 Å². The van der Waals surface area contributed by atoms with Crippen molar-refractivity contribution in [3.8, 4) is 0 Å². The van der Waals surface area contributed by atoms with Crippen molar-refractivity contribution in [2.24, 2.45) is 50.2 Å². The van der Waals surface area contributed by atoms with Gasteiger partial charge < -0.3 is 14.2 Å². The number of hydrogen-bond donors (Lipinski definition) is 0. The Balaban J connectivity index is 1.48. The zero-order chi connectivity index (χ0) is 31.8. The minimum absolute atomic E-state index is 0.0112. The molecule has 0 aromatic rings. The van der Waals surface area contributed by atoms with Crippen molar-refractivity contribution in [2.45, 2.75) is 125 Å². The van der Waals surface area contributed by atoms with Gasteiger partial charge >= 0.3 is 17.9 Å². The number of methoxy groups -OCH3 is 2. The van der Waals surface area contributed by atoms with E-state index in [0.717, 1.165) is 51.4 Å². The van der Waals surface area contributed by atoms with Crippen LogP contribution in [0.4, 0.5) is 0 Å². The number of esters is 3. The Morgan fingerprint density at radius 3 is 2.12 bits per heavy atom. The predicted molar refractivity (Wildman–Crippen MR) is 163 cm³/mol. The van der Waals surface area contributed by atoms with E-state index < -0.39 is 11.4 Å². The highest BCUT2D eigenvalue weighted by Gasteiger charge is 2.71. The summed E-state index contributed by atoms with van der Waals surface area (Å²) < 4.78 is 16.2. The van der Waals surface area contributed by atoms with Gasteiger partial charge in [-0.15, -0.1) is 0 Å². The van der Waals surface area contributed by atoms with Crippen LogP contribution in [-0.2, 0) is 33.4 Å². The summed E-state index contributed by atoms with van der Waals surface area (Å²) in [4.78, 5) is 52.4. The monoisotopic (exact) mass is 598 g/mol. The van der Waals surface area contributed by atoms with E-state index in [1.807, 2.05) is 6.08 Å². The molecule has 5 aliphatic rings.